The zero-order chi connectivity index (χ0) is 41.3. The number of carbonyl (C=O) groups is 2. The van der Waals surface area contributed by atoms with Gasteiger partial charge in [-0.2, -0.15) is 0 Å². The van der Waals surface area contributed by atoms with Gasteiger partial charge in [0.05, 0.1) is 25.3 Å². The predicted octanol–water partition coefficient (Wildman–Crippen LogP) is 10.1. The smallest absolute Gasteiger partial charge is 0.407 e. The Morgan fingerprint density at radius 3 is 1.16 bits per heavy atom. The minimum atomic E-state index is -2.40. The van der Waals surface area contributed by atoms with E-state index in [-0.39, 0.29) is 36.4 Å². The van der Waals surface area contributed by atoms with Crippen molar-refractivity contribution in [3.05, 3.63) is 0 Å². The maximum absolute atomic E-state index is 12.6. The molecule has 0 unspecified atom stereocenters. The number of hydrogen-bond acceptors (Lipinski definition) is 10. The molecule has 0 saturated heterocycles. The summed E-state index contributed by atoms with van der Waals surface area (Å²) in [6.45, 7) is 13.9. The van der Waals surface area contributed by atoms with Crippen LogP contribution in [-0.2, 0) is 27.3 Å². The van der Waals surface area contributed by atoms with Crippen molar-refractivity contribution in [2.45, 2.75) is 204 Å². The van der Waals surface area contributed by atoms with Crippen LogP contribution in [0.1, 0.15) is 128 Å². The van der Waals surface area contributed by atoms with E-state index in [4.69, 9.17) is 17.7 Å². The van der Waals surface area contributed by atoms with Crippen molar-refractivity contribution in [2.24, 2.45) is 33.7 Å². The van der Waals surface area contributed by atoms with Crippen molar-refractivity contribution in [1.29, 1.82) is 0 Å². The van der Waals surface area contributed by atoms with Crippen molar-refractivity contribution in [3.8, 4) is 0 Å². The van der Waals surface area contributed by atoms with Crippen molar-refractivity contribution in [3.63, 3.8) is 0 Å². The van der Waals surface area contributed by atoms with Crippen LogP contribution < -0.4 is 10.6 Å². The summed E-state index contributed by atoms with van der Waals surface area (Å²) in [6.07, 6.45) is 24.2. The molecule has 0 atom stereocenters. The quantitative estimate of drug-likeness (QED) is 0.0531. The Morgan fingerprint density at radius 1 is 0.526 bits per heavy atom. The molecule has 0 aromatic rings. The maximum Gasteiger partial charge on any atom is 0.407 e. The van der Waals surface area contributed by atoms with Crippen LogP contribution in [0.2, 0.25) is 51.4 Å². The lowest BCUT2D eigenvalue weighted by atomic mass is 9.76. The Kier molecular flexibility index (Phi) is 19.7. The van der Waals surface area contributed by atoms with Gasteiger partial charge in [-0.05, 0) is 203 Å². The highest BCUT2D eigenvalue weighted by Gasteiger charge is 2.39. The third kappa shape index (κ3) is 18.8. The second-order valence-corrected chi connectivity index (χ2v) is 32.1. The van der Waals surface area contributed by atoms with E-state index < -0.39 is 25.2 Å². The van der Waals surface area contributed by atoms with Gasteiger partial charge in [-0.15, -0.1) is 0 Å². The Hall–Kier alpha value is -2.13. The largest absolute Gasteiger partial charge is 0.450 e. The molecule has 4 aliphatic carbocycles. The van der Waals surface area contributed by atoms with Gasteiger partial charge in [0.2, 0.25) is 12.2 Å². The predicted molar refractivity (Wildman–Crippen MR) is 231 cm³/mol. The van der Waals surface area contributed by atoms with Crippen molar-refractivity contribution in [2.75, 3.05) is 13.2 Å². The first kappa shape index (κ1) is 47.5. The standard InChI is InChI=1S/C42H76N4O8Si3/c1-55(2,27-7-25-51-41(49)45-39-21-13-35(14-22-39)29-33-9-17-37(18-10-33)43-31-47)53-57(5,6)54-56(3,4)28-8-26-52-42(50)46-40-23-15-36(16-24-40)30-34-11-19-38(20-12-34)44-32-48/h33-40H,7-30H2,1-6H3,(H,45,49)(H,46,50). The molecule has 0 bridgehead atoms. The monoisotopic (exact) mass is 848 g/mol. The molecule has 324 valence electrons. The van der Waals surface area contributed by atoms with E-state index >= 15 is 0 Å². The van der Waals surface area contributed by atoms with Gasteiger partial charge in [0.1, 0.15) is 0 Å². The van der Waals surface area contributed by atoms with Crippen LogP contribution in [-0.4, -0.2) is 86.9 Å². The van der Waals surface area contributed by atoms with Crippen molar-refractivity contribution < 1.29 is 36.9 Å². The van der Waals surface area contributed by atoms with E-state index in [9.17, 15) is 19.2 Å². The molecule has 57 heavy (non-hydrogen) atoms. The van der Waals surface area contributed by atoms with E-state index in [1.807, 2.05) is 0 Å². The zero-order valence-electron chi connectivity index (χ0n) is 36.2. The fourth-order valence-electron chi connectivity index (χ4n) is 10.4. The van der Waals surface area contributed by atoms with E-state index in [2.05, 4.69) is 59.9 Å². The van der Waals surface area contributed by atoms with Crippen LogP contribution in [0.25, 0.3) is 0 Å². The first-order chi connectivity index (χ1) is 27.1. The minimum absolute atomic E-state index is 0.181. The number of rotatable bonds is 20. The molecule has 0 heterocycles. The molecule has 4 rings (SSSR count). The second-order valence-electron chi connectivity index (χ2n) is 19.6. The van der Waals surface area contributed by atoms with Crippen molar-refractivity contribution >= 4 is 49.5 Å². The number of isocyanates is 2. The first-order valence-corrected chi connectivity index (χ1v) is 31.6. The fraction of sp³-hybridized carbons (Fsp3) is 0.905. The minimum Gasteiger partial charge on any atom is -0.450 e. The Labute approximate surface area is 346 Å². The van der Waals surface area contributed by atoms with E-state index in [0.29, 0.717) is 13.2 Å². The average molecular weight is 849 g/mol. The SMILES string of the molecule is C[Si](C)(CCCOC(=O)NC1CCC(CC2CCC(N=C=O)CC2)CC1)O[Si](C)(C)O[Si](C)(C)CCCOC(=O)NC1CCC(CC2CCC(N=C=O)CC2)CC1. The van der Waals surface area contributed by atoms with Crippen molar-refractivity contribution in [1.82, 2.24) is 10.6 Å². The highest BCUT2D eigenvalue weighted by atomic mass is 28.5. The molecule has 12 nitrogen and oxygen atoms in total. The summed E-state index contributed by atoms with van der Waals surface area (Å²) < 4.78 is 24.7. The zero-order valence-corrected chi connectivity index (χ0v) is 39.2. The van der Waals surface area contributed by atoms with Gasteiger partial charge in [0, 0.05) is 12.1 Å². The highest BCUT2D eigenvalue weighted by Crippen LogP contribution is 2.37. The van der Waals surface area contributed by atoms with E-state index in [1.165, 1.54) is 12.8 Å². The number of amides is 2. The molecule has 4 saturated carbocycles. The third-order valence-corrected chi connectivity index (χ3v) is 24.6. The molecule has 2 N–H and O–H groups in total. The van der Waals surface area contributed by atoms with Gasteiger partial charge in [0.25, 0.3) is 0 Å². The summed E-state index contributed by atoms with van der Waals surface area (Å²) in [5.74, 6) is 2.92. The Morgan fingerprint density at radius 2 is 0.842 bits per heavy atom. The highest BCUT2D eigenvalue weighted by molar-refractivity contribution is 6.87. The Balaban J connectivity index is 1.01. The van der Waals surface area contributed by atoms with Gasteiger partial charge < -0.3 is 28.3 Å². The third-order valence-electron chi connectivity index (χ3n) is 13.1. The maximum atomic E-state index is 12.6. The second kappa shape index (κ2) is 23.6. The van der Waals surface area contributed by atoms with Gasteiger partial charge >= 0.3 is 20.7 Å². The molecule has 15 heteroatoms. The van der Waals surface area contributed by atoms with Crippen LogP contribution >= 0.6 is 0 Å². The lowest BCUT2D eigenvalue weighted by Gasteiger charge is -2.38. The molecular weight excluding hydrogens is 773 g/mol. The van der Waals surface area contributed by atoms with Crippen LogP contribution in [0.4, 0.5) is 9.59 Å². The molecule has 2 amide bonds. The summed E-state index contributed by atoms with van der Waals surface area (Å²) in [5, 5.41) is 6.21. The fourth-order valence-corrected chi connectivity index (χ4v) is 24.4. The molecule has 0 aromatic heterocycles. The summed E-state index contributed by atoms with van der Waals surface area (Å²) in [7, 11) is -6.51. The summed E-state index contributed by atoms with van der Waals surface area (Å²) in [6, 6.07) is 2.52. The lowest BCUT2D eigenvalue weighted by Crippen LogP contribution is -2.52. The number of hydrogen-bond donors (Lipinski definition) is 2. The van der Waals surface area contributed by atoms with Crippen LogP contribution in [0.5, 0.6) is 0 Å². The number of nitrogens with zero attached hydrogens (tertiary/aromatic N) is 2. The summed E-state index contributed by atoms with van der Waals surface area (Å²) in [4.78, 5) is 54.1. The topological polar surface area (TPSA) is 154 Å². The number of aliphatic imine (C=N–C) groups is 2. The normalized spacial score (nSPS) is 28.6. The molecule has 4 aliphatic rings. The number of alkyl carbamates (subject to hydrolysis) is 2. The molecule has 4 fully saturated rings. The van der Waals surface area contributed by atoms with Crippen LogP contribution in [0.15, 0.2) is 9.98 Å². The van der Waals surface area contributed by atoms with Crippen LogP contribution in [0.3, 0.4) is 0 Å². The van der Waals surface area contributed by atoms with Gasteiger partial charge in [-0.3, -0.25) is 0 Å². The first-order valence-electron chi connectivity index (χ1n) is 22.5. The number of nitrogens with one attached hydrogen (secondary N) is 2. The Bertz CT molecular complexity index is 1230. The summed E-state index contributed by atoms with van der Waals surface area (Å²) in [5.41, 5.74) is 0. The lowest BCUT2D eigenvalue weighted by molar-refractivity contribution is 0.134. The van der Waals surface area contributed by atoms with Gasteiger partial charge in [0.15, 0.2) is 16.6 Å². The number of carbonyl (C=O) groups excluding carboxylic acids is 4. The van der Waals surface area contributed by atoms with E-state index in [1.54, 1.807) is 12.2 Å². The van der Waals surface area contributed by atoms with Crippen LogP contribution in [0, 0.1) is 23.7 Å². The molecule has 0 radical (unpaired) electrons. The average Bonchev–Trinajstić information content (AvgIpc) is 3.14. The molecule has 0 spiro atoms. The molecule has 0 aromatic carbocycles. The number of ether oxygens (including phenoxy) is 2. The van der Waals surface area contributed by atoms with Gasteiger partial charge in [-0.1, -0.05) is 0 Å². The molecular formula is C42H76N4O8Si3. The summed E-state index contributed by atoms with van der Waals surface area (Å²) >= 11 is 0. The van der Waals surface area contributed by atoms with Gasteiger partial charge in [-0.25, -0.2) is 29.2 Å². The van der Waals surface area contributed by atoms with E-state index in [0.717, 1.165) is 151 Å². The molecule has 0 aliphatic heterocycles.